The average Bonchev–Trinajstić information content (AvgIpc) is 2.65. The first kappa shape index (κ1) is 20.4. The molecule has 9 nitrogen and oxygen atoms in total. The molecule has 3 aromatic rings. The van der Waals surface area contributed by atoms with Gasteiger partial charge in [-0.2, -0.15) is 13.2 Å². The summed E-state index contributed by atoms with van der Waals surface area (Å²) in [4.78, 5) is 7.33. The molecular weight excluding hydrogens is 409 g/mol. The third-order valence-corrected chi connectivity index (χ3v) is 4.85. The molecule has 2 aromatic carbocycles. The molecule has 0 saturated heterocycles. The number of alkyl halides is 3. The molecule has 0 spiro atoms. The van der Waals surface area contributed by atoms with Crippen LogP contribution in [0.4, 0.5) is 19.1 Å². The van der Waals surface area contributed by atoms with E-state index >= 15 is 0 Å². The monoisotopic (exact) mass is 424 g/mol. The fourth-order valence-electron chi connectivity index (χ4n) is 2.91. The number of fused-ring (bicyclic) bond motifs is 1. The third kappa shape index (κ3) is 3.83. The van der Waals surface area contributed by atoms with Crippen molar-refractivity contribution in [2.24, 2.45) is 21.8 Å². The fraction of sp³-hybridized carbons (Fsp3) is 0.0625. The van der Waals surface area contributed by atoms with Crippen molar-refractivity contribution in [3.8, 4) is 11.1 Å². The molecule has 0 fully saturated rings. The van der Waals surface area contributed by atoms with Gasteiger partial charge in [-0.3, -0.25) is 0 Å². The predicted molar refractivity (Wildman–Crippen MR) is 103 cm³/mol. The molecule has 0 radical (unpaired) electrons. The van der Waals surface area contributed by atoms with Crippen molar-refractivity contribution in [2.45, 2.75) is 11.1 Å². The number of aromatic nitrogens is 2. The molecular formula is C16H15F3N8OS. The van der Waals surface area contributed by atoms with Gasteiger partial charge in [0.25, 0.3) is 0 Å². The van der Waals surface area contributed by atoms with Gasteiger partial charge in [-0.05, 0) is 11.6 Å². The number of nitrogens with one attached hydrogen (secondary N) is 1. The number of nitrogens with zero attached hydrogens (tertiary/aromatic N) is 3. The van der Waals surface area contributed by atoms with E-state index in [-0.39, 0.29) is 17.1 Å². The van der Waals surface area contributed by atoms with Gasteiger partial charge in [-0.25, -0.2) is 30.7 Å². The maximum atomic E-state index is 13.5. The second-order valence-electron chi connectivity index (χ2n) is 5.76. The number of rotatable bonds is 4. The lowest BCUT2D eigenvalue weighted by atomic mass is 9.94. The first-order valence-electron chi connectivity index (χ1n) is 7.86. The van der Waals surface area contributed by atoms with Crippen molar-refractivity contribution in [1.82, 2.24) is 15.5 Å². The number of hydrazine groups is 1. The minimum atomic E-state index is -4.83. The molecule has 0 bridgehead atoms. The Morgan fingerprint density at radius 2 is 1.90 bits per heavy atom. The number of nitrogens with two attached hydrogens (primary N) is 4. The molecule has 1 unspecified atom stereocenters. The van der Waals surface area contributed by atoms with E-state index in [0.29, 0.717) is 16.5 Å². The number of nitrogen functional groups attached to an aromatic ring is 1. The Balaban J connectivity index is 2.48. The van der Waals surface area contributed by atoms with Crippen molar-refractivity contribution < 1.29 is 17.4 Å². The van der Waals surface area contributed by atoms with Gasteiger partial charge in [0.2, 0.25) is 5.95 Å². The first-order chi connectivity index (χ1) is 13.6. The van der Waals surface area contributed by atoms with Crippen LogP contribution in [0, 0.1) is 0 Å². The fourth-order valence-corrected chi connectivity index (χ4v) is 3.72. The van der Waals surface area contributed by atoms with Crippen LogP contribution in [0.15, 0.2) is 46.5 Å². The Bertz CT molecular complexity index is 1150. The number of halogens is 3. The Morgan fingerprint density at radius 1 is 1.17 bits per heavy atom. The maximum Gasteiger partial charge on any atom is 0.417 e. The van der Waals surface area contributed by atoms with E-state index in [1.165, 1.54) is 12.3 Å². The molecule has 3 rings (SSSR count). The van der Waals surface area contributed by atoms with E-state index in [4.69, 9.17) is 22.4 Å². The van der Waals surface area contributed by atoms with E-state index in [1.54, 1.807) is 18.2 Å². The largest absolute Gasteiger partial charge is 0.417 e. The van der Waals surface area contributed by atoms with E-state index in [9.17, 15) is 17.4 Å². The van der Waals surface area contributed by atoms with Crippen LogP contribution < -0.4 is 28.0 Å². The van der Waals surface area contributed by atoms with Gasteiger partial charge in [-0.15, -0.1) is 5.10 Å². The number of hydrazone groups is 1. The van der Waals surface area contributed by atoms with Gasteiger partial charge in [0.1, 0.15) is 11.0 Å². The van der Waals surface area contributed by atoms with E-state index in [2.05, 4.69) is 15.1 Å². The van der Waals surface area contributed by atoms with Crippen LogP contribution in [0.1, 0.15) is 11.1 Å². The minimum absolute atomic E-state index is 0.0358. The predicted octanol–water partition coefficient (Wildman–Crippen LogP) is 0.963. The van der Waals surface area contributed by atoms with Gasteiger partial charge in [0.15, 0.2) is 5.84 Å². The van der Waals surface area contributed by atoms with Crippen LogP contribution in [0.5, 0.6) is 0 Å². The van der Waals surface area contributed by atoms with Gasteiger partial charge >= 0.3 is 6.18 Å². The second-order valence-corrected chi connectivity index (χ2v) is 6.76. The lowest BCUT2D eigenvalue weighted by Gasteiger charge is -2.19. The van der Waals surface area contributed by atoms with Gasteiger partial charge < -0.3 is 11.5 Å². The maximum absolute atomic E-state index is 13.5. The summed E-state index contributed by atoms with van der Waals surface area (Å²) in [5.74, 6) is 4.65. The lowest BCUT2D eigenvalue weighted by Crippen LogP contribution is -2.27. The number of para-hydroxylation sites is 1. The summed E-state index contributed by atoms with van der Waals surface area (Å²) in [6.45, 7) is 0. The molecule has 0 aliphatic carbocycles. The highest BCUT2D eigenvalue weighted by atomic mass is 32.2. The molecule has 0 aliphatic rings. The highest BCUT2D eigenvalue weighted by Gasteiger charge is 2.37. The summed E-state index contributed by atoms with van der Waals surface area (Å²) >= 11 is 0. The van der Waals surface area contributed by atoms with Crippen molar-refractivity contribution in [3.05, 3.63) is 47.7 Å². The summed E-state index contributed by atoms with van der Waals surface area (Å²) in [6.07, 6.45) is -3.37. The average molecular weight is 424 g/mol. The Morgan fingerprint density at radius 3 is 2.52 bits per heavy atom. The van der Waals surface area contributed by atoms with Crippen molar-refractivity contribution in [1.29, 1.82) is 0 Å². The Hall–Kier alpha value is -3.29. The number of anilines is 1. The van der Waals surface area contributed by atoms with Gasteiger partial charge in [-0.1, -0.05) is 24.3 Å². The van der Waals surface area contributed by atoms with Crippen molar-refractivity contribution in [3.63, 3.8) is 0 Å². The summed E-state index contributed by atoms with van der Waals surface area (Å²) in [6, 6.07) is 6.87. The molecule has 1 heterocycles. The number of benzene rings is 2. The standard InChI is InChI=1S/C16H15F3N8OS/c17-16(18,19)10-5-4-8(11(13(10)29(23)28)14(20)26-27-22)9-3-1-2-7-6-24-15(21)25-12(7)9/h1-6,27H,22-23H2,(H2,20,26)(H2,21,24,25). The normalized spacial score (nSPS) is 13.5. The zero-order valence-corrected chi connectivity index (χ0v) is 15.4. The van der Waals surface area contributed by atoms with E-state index < -0.39 is 33.5 Å². The van der Waals surface area contributed by atoms with E-state index in [0.717, 1.165) is 6.07 Å². The molecule has 152 valence electrons. The topological polar surface area (TPSA) is 171 Å². The van der Waals surface area contributed by atoms with Gasteiger partial charge in [0, 0.05) is 22.7 Å². The van der Waals surface area contributed by atoms with Crippen molar-refractivity contribution in [2.75, 3.05) is 5.73 Å². The Kier molecular flexibility index (Phi) is 5.37. The number of hydrogen-bond donors (Lipinski definition) is 5. The Labute approximate surface area is 164 Å². The molecule has 9 N–H and O–H groups in total. The zero-order valence-electron chi connectivity index (χ0n) is 14.6. The van der Waals surface area contributed by atoms with Crippen LogP contribution in [0.25, 0.3) is 22.0 Å². The highest BCUT2D eigenvalue weighted by molar-refractivity contribution is 7.82. The molecule has 1 atom stereocenters. The first-order valence-corrected chi connectivity index (χ1v) is 9.07. The molecule has 0 aliphatic heterocycles. The van der Waals surface area contributed by atoms with Gasteiger partial charge in [0.05, 0.1) is 16.0 Å². The minimum Gasteiger partial charge on any atom is -0.382 e. The second kappa shape index (κ2) is 7.62. The number of amidine groups is 1. The SMILES string of the molecule is NN/N=C(\N)c1c(-c2cccc3cnc(N)nc23)ccc(C(F)(F)F)c1S(N)=O. The summed E-state index contributed by atoms with van der Waals surface area (Å²) < 4.78 is 52.7. The molecule has 0 saturated carbocycles. The highest BCUT2D eigenvalue weighted by Crippen LogP contribution is 2.39. The lowest BCUT2D eigenvalue weighted by molar-refractivity contribution is -0.139. The van der Waals surface area contributed by atoms with Crippen molar-refractivity contribution >= 4 is 33.7 Å². The molecule has 1 aromatic heterocycles. The van der Waals surface area contributed by atoms with Crippen LogP contribution in [-0.4, -0.2) is 20.0 Å². The molecule has 0 amide bonds. The van der Waals surface area contributed by atoms with Crippen LogP contribution in [0.2, 0.25) is 0 Å². The van der Waals surface area contributed by atoms with Crippen LogP contribution in [-0.2, 0) is 17.2 Å². The summed E-state index contributed by atoms with van der Waals surface area (Å²) in [7, 11) is -2.55. The third-order valence-electron chi connectivity index (χ3n) is 4.03. The zero-order chi connectivity index (χ0) is 21.3. The molecule has 13 heteroatoms. The summed E-state index contributed by atoms with van der Waals surface area (Å²) in [5, 5.41) is 9.52. The van der Waals surface area contributed by atoms with Crippen LogP contribution in [0.3, 0.4) is 0 Å². The number of hydrogen-bond acceptors (Lipinski definition) is 7. The molecule has 29 heavy (non-hydrogen) atoms. The summed E-state index contributed by atoms with van der Waals surface area (Å²) in [5.41, 5.74) is 12.8. The quantitative estimate of drug-likeness (QED) is 0.180. The van der Waals surface area contributed by atoms with E-state index in [1.807, 2.05) is 5.53 Å². The van der Waals surface area contributed by atoms with Crippen LogP contribution >= 0.6 is 0 Å². The smallest absolute Gasteiger partial charge is 0.382 e.